The quantitative estimate of drug-likeness (QED) is 0.111. The summed E-state index contributed by atoms with van der Waals surface area (Å²) >= 11 is 0. The summed E-state index contributed by atoms with van der Waals surface area (Å²) in [6, 6.07) is 0. The van der Waals surface area contributed by atoms with Crippen molar-refractivity contribution in [1.82, 2.24) is 10.6 Å². The maximum Gasteiger partial charge on any atom is 0.111 e. The standard InChI is InChI=1S/C15H34N2O11/c18-5-10(23)14(27)12(25)8(21)3-16-1-7(20)2-17-4-9(22)13(26)15(28)11(24)6-19/h7-28H,1-6H2/t8-,9-,10+,11+,12+,13+,14+,15+/m0/s1. The fraction of sp³-hybridized carbons (Fsp3) is 1.00. The van der Waals surface area contributed by atoms with Gasteiger partial charge in [0.1, 0.15) is 36.6 Å². The summed E-state index contributed by atoms with van der Waals surface area (Å²) < 4.78 is 0. The highest BCUT2D eigenvalue weighted by atomic mass is 16.4. The molecule has 0 aliphatic heterocycles. The maximum absolute atomic E-state index is 9.76. The first-order valence-corrected chi connectivity index (χ1v) is 8.82. The Morgan fingerprint density at radius 2 is 0.714 bits per heavy atom. The highest BCUT2D eigenvalue weighted by Gasteiger charge is 2.30. The molecule has 170 valence electrons. The van der Waals surface area contributed by atoms with Crippen molar-refractivity contribution in [3.8, 4) is 0 Å². The second-order valence-corrected chi connectivity index (χ2v) is 6.57. The minimum Gasteiger partial charge on any atom is -0.394 e. The normalized spacial score (nSPS) is 22.0. The molecule has 13 N–H and O–H groups in total. The van der Waals surface area contributed by atoms with Crippen molar-refractivity contribution in [1.29, 1.82) is 0 Å². The SMILES string of the molecule is OC[C@@H](O)[C@@H](O)[C@H](O)[C@@H](O)CNCC(O)CNC[C@H](O)[C@@H](O)[C@H](O)[C@H](O)CO. The molecule has 0 rings (SSSR count). The van der Waals surface area contributed by atoms with Crippen LogP contribution in [-0.2, 0) is 0 Å². The summed E-state index contributed by atoms with van der Waals surface area (Å²) in [6.07, 6.45) is -14.1. The highest BCUT2D eigenvalue weighted by Crippen LogP contribution is 2.05. The minimum absolute atomic E-state index is 0.0556. The minimum atomic E-state index is -1.75. The van der Waals surface area contributed by atoms with Gasteiger partial charge in [-0.3, -0.25) is 0 Å². The molecule has 0 saturated heterocycles. The Balaban J connectivity index is 4.06. The van der Waals surface area contributed by atoms with E-state index in [9.17, 15) is 46.0 Å². The van der Waals surface area contributed by atoms with Gasteiger partial charge in [0.2, 0.25) is 0 Å². The Kier molecular flexibility index (Phi) is 14.2. The molecular weight excluding hydrogens is 384 g/mol. The highest BCUT2D eigenvalue weighted by molar-refractivity contribution is 4.83. The fourth-order valence-corrected chi connectivity index (χ4v) is 2.24. The van der Waals surface area contributed by atoms with Crippen LogP contribution >= 0.6 is 0 Å². The summed E-state index contributed by atoms with van der Waals surface area (Å²) in [5.74, 6) is 0. The van der Waals surface area contributed by atoms with Gasteiger partial charge in [0, 0.05) is 26.2 Å². The Hall–Kier alpha value is -0.520. The Morgan fingerprint density at radius 1 is 0.429 bits per heavy atom. The van der Waals surface area contributed by atoms with Gasteiger partial charge in [-0.1, -0.05) is 0 Å². The molecule has 8 atom stereocenters. The molecule has 0 spiro atoms. The van der Waals surface area contributed by atoms with E-state index in [2.05, 4.69) is 10.6 Å². The van der Waals surface area contributed by atoms with Gasteiger partial charge < -0.3 is 66.8 Å². The molecule has 0 heterocycles. The average molecular weight is 418 g/mol. The molecule has 0 fully saturated rings. The first-order chi connectivity index (χ1) is 13.1. The fourth-order valence-electron chi connectivity index (χ4n) is 2.24. The topological polar surface area (TPSA) is 247 Å². The molecule has 0 amide bonds. The third-order valence-corrected chi connectivity index (χ3v) is 4.12. The summed E-state index contributed by atoms with van der Waals surface area (Å²) in [7, 11) is 0. The summed E-state index contributed by atoms with van der Waals surface area (Å²) in [6.45, 7) is -2.17. The van der Waals surface area contributed by atoms with Gasteiger partial charge in [-0.25, -0.2) is 0 Å². The van der Waals surface area contributed by atoms with Crippen LogP contribution in [0.25, 0.3) is 0 Å². The summed E-state index contributed by atoms with van der Waals surface area (Å²) in [5, 5.41) is 108. The molecular formula is C15H34N2O11. The van der Waals surface area contributed by atoms with Crippen molar-refractivity contribution in [2.75, 3.05) is 39.4 Å². The first kappa shape index (κ1) is 27.5. The lowest BCUT2D eigenvalue weighted by atomic mass is 10.0. The molecule has 0 unspecified atom stereocenters. The first-order valence-electron chi connectivity index (χ1n) is 8.82. The van der Waals surface area contributed by atoms with Crippen LogP contribution in [0.3, 0.4) is 0 Å². The predicted octanol–water partition coefficient (Wildman–Crippen LogP) is -7.60. The Morgan fingerprint density at radius 3 is 1.00 bits per heavy atom. The van der Waals surface area contributed by atoms with Crippen LogP contribution in [0, 0.1) is 0 Å². The molecule has 0 saturated carbocycles. The van der Waals surface area contributed by atoms with Gasteiger partial charge in [0.05, 0.1) is 31.5 Å². The lowest BCUT2D eigenvalue weighted by Crippen LogP contribution is -2.51. The van der Waals surface area contributed by atoms with E-state index >= 15 is 0 Å². The number of hydrogen-bond acceptors (Lipinski definition) is 13. The van der Waals surface area contributed by atoms with Crippen LogP contribution in [-0.4, -0.2) is 151 Å². The molecule has 0 aliphatic rings. The molecule has 0 bridgehead atoms. The zero-order valence-corrected chi connectivity index (χ0v) is 15.4. The van der Waals surface area contributed by atoms with E-state index in [0.29, 0.717) is 0 Å². The predicted molar refractivity (Wildman–Crippen MR) is 94.0 cm³/mol. The molecule has 28 heavy (non-hydrogen) atoms. The van der Waals surface area contributed by atoms with E-state index in [0.717, 1.165) is 0 Å². The molecule has 0 aromatic heterocycles. The van der Waals surface area contributed by atoms with Gasteiger partial charge in [0.25, 0.3) is 0 Å². The van der Waals surface area contributed by atoms with Crippen LogP contribution in [0.1, 0.15) is 0 Å². The van der Waals surface area contributed by atoms with Crippen LogP contribution in [0.2, 0.25) is 0 Å². The number of rotatable bonds is 16. The number of nitrogens with one attached hydrogen (secondary N) is 2. The van der Waals surface area contributed by atoms with Gasteiger partial charge in [-0.2, -0.15) is 0 Å². The largest absolute Gasteiger partial charge is 0.394 e. The van der Waals surface area contributed by atoms with E-state index < -0.39 is 68.1 Å². The van der Waals surface area contributed by atoms with Crippen molar-refractivity contribution in [2.45, 2.75) is 54.9 Å². The van der Waals surface area contributed by atoms with Gasteiger partial charge in [-0.05, 0) is 0 Å². The van der Waals surface area contributed by atoms with Crippen molar-refractivity contribution in [2.24, 2.45) is 0 Å². The lowest BCUT2D eigenvalue weighted by molar-refractivity contribution is -0.114. The van der Waals surface area contributed by atoms with E-state index in [4.69, 9.17) is 10.2 Å². The number of aliphatic hydroxyl groups excluding tert-OH is 11. The molecule has 0 aromatic rings. The summed E-state index contributed by atoms with van der Waals surface area (Å²) in [4.78, 5) is 0. The molecule has 0 radical (unpaired) electrons. The second-order valence-electron chi connectivity index (χ2n) is 6.57. The molecule has 13 nitrogen and oxygen atoms in total. The van der Waals surface area contributed by atoms with Crippen LogP contribution < -0.4 is 10.6 Å². The van der Waals surface area contributed by atoms with E-state index in [-0.39, 0.29) is 26.2 Å². The maximum atomic E-state index is 9.76. The van der Waals surface area contributed by atoms with E-state index in [1.54, 1.807) is 0 Å². The van der Waals surface area contributed by atoms with Crippen molar-refractivity contribution < 1.29 is 56.2 Å². The third-order valence-electron chi connectivity index (χ3n) is 4.12. The number of aliphatic hydroxyl groups is 11. The van der Waals surface area contributed by atoms with Crippen molar-refractivity contribution in [3.63, 3.8) is 0 Å². The third kappa shape index (κ3) is 9.80. The smallest absolute Gasteiger partial charge is 0.111 e. The molecule has 13 heteroatoms. The van der Waals surface area contributed by atoms with Crippen molar-refractivity contribution in [3.05, 3.63) is 0 Å². The summed E-state index contributed by atoms with van der Waals surface area (Å²) in [5.41, 5.74) is 0. The monoisotopic (exact) mass is 418 g/mol. The van der Waals surface area contributed by atoms with Crippen molar-refractivity contribution >= 4 is 0 Å². The van der Waals surface area contributed by atoms with E-state index in [1.807, 2.05) is 0 Å². The second kappa shape index (κ2) is 14.5. The number of hydrogen-bond donors (Lipinski definition) is 13. The van der Waals surface area contributed by atoms with Gasteiger partial charge >= 0.3 is 0 Å². The Bertz CT molecular complexity index is 361. The van der Waals surface area contributed by atoms with Gasteiger partial charge in [-0.15, -0.1) is 0 Å². The van der Waals surface area contributed by atoms with Crippen LogP contribution in [0.4, 0.5) is 0 Å². The molecule has 0 aromatic carbocycles. The lowest BCUT2D eigenvalue weighted by Gasteiger charge is -2.26. The molecule has 0 aliphatic carbocycles. The average Bonchev–Trinajstić information content (AvgIpc) is 2.69. The zero-order chi connectivity index (χ0) is 21.9. The zero-order valence-electron chi connectivity index (χ0n) is 15.4. The van der Waals surface area contributed by atoms with Crippen LogP contribution in [0.5, 0.6) is 0 Å². The van der Waals surface area contributed by atoms with E-state index in [1.165, 1.54) is 0 Å². The van der Waals surface area contributed by atoms with Crippen LogP contribution in [0.15, 0.2) is 0 Å². The van der Waals surface area contributed by atoms with Gasteiger partial charge in [0.15, 0.2) is 0 Å². The Labute approximate surface area is 162 Å².